The van der Waals surface area contributed by atoms with Crippen LogP contribution in [0.5, 0.6) is 0 Å². The van der Waals surface area contributed by atoms with Crippen molar-refractivity contribution in [3.05, 3.63) is 11.6 Å². The molecule has 3 heteroatoms. The lowest BCUT2D eigenvalue weighted by molar-refractivity contribution is -0.114. The number of hydrogen-bond donors (Lipinski definition) is 2. The summed E-state index contributed by atoms with van der Waals surface area (Å²) in [6, 6.07) is 0. The van der Waals surface area contributed by atoms with Crippen LogP contribution < -0.4 is 5.73 Å². The second-order valence-electron chi connectivity index (χ2n) is 3.18. The molecule has 0 aromatic rings. The SMILES string of the molecule is CC(=CCCCCCCO)C(N)=O. The van der Waals surface area contributed by atoms with Crippen LogP contribution in [0.25, 0.3) is 0 Å². The number of unbranched alkanes of at least 4 members (excludes halogenated alkanes) is 4. The lowest BCUT2D eigenvalue weighted by Gasteiger charge is -1.97. The first-order valence-electron chi connectivity index (χ1n) is 4.76. The van der Waals surface area contributed by atoms with E-state index >= 15 is 0 Å². The molecule has 0 aliphatic rings. The molecule has 0 bridgehead atoms. The van der Waals surface area contributed by atoms with E-state index in [4.69, 9.17) is 10.8 Å². The van der Waals surface area contributed by atoms with Crippen LogP contribution in [0.3, 0.4) is 0 Å². The molecule has 13 heavy (non-hydrogen) atoms. The van der Waals surface area contributed by atoms with Gasteiger partial charge in [0.25, 0.3) is 0 Å². The number of amides is 1. The van der Waals surface area contributed by atoms with E-state index < -0.39 is 0 Å². The Balaban J connectivity index is 3.34. The van der Waals surface area contributed by atoms with Crippen molar-refractivity contribution >= 4 is 5.91 Å². The van der Waals surface area contributed by atoms with Crippen LogP contribution in [0.1, 0.15) is 39.0 Å². The van der Waals surface area contributed by atoms with Gasteiger partial charge >= 0.3 is 0 Å². The largest absolute Gasteiger partial charge is 0.396 e. The summed E-state index contributed by atoms with van der Waals surface area (Å²) in [7, 11) is 0. The fraction of sp³-hybridized carbons (Fsp3) is 0.700. The van der Waals surface area contributed by atoms with Crippen LogP contribution in [0.4, 0.5) is 0 Å². The molecule has 0 rings (SSSR count). The Bertz CT molecular complexity index is 176. The molecule has 76 valence electrons. The van der Waals surface area contributed by atoms with Gasteiger partial charge < -0.3 is 10.8 Å². The molecule has 0 aliphatic heterocycles. The summed E-state index contributed by atoms with van der Waals surface area (Å²) in [5.74, 6) is -0.338. The topological polar surface area (TPSA) is 63.3 Å². The quantitative estimate of drug-likeness (QED) is 0.464. The van der Waals surface area contributed by atoms with Gasteiger partial charge in [0.05, 0.1) is 0 Å². The van der Waals surface area contributed by atoms with E-state index in [2.05, 4.69) is 0 Å². The molecule has 0 atom stereocenters. The lowest BCUT2D eigenvalue weighted by Crippen LogP contribution is -2.11. The first-order valence-corrected chi connectivity index (χ1v) is 4.76. The second-order valence-corrected chi connectivity index (χ2v) is 3.18. The number of allylic oxidation sites excluding steroid dienone is 1. The molecule has 0 aliphatic carbocycles. The second kappa shape index (κ2) is 7.80. The highest BCUT2D eigenvalue weighted by Crippen LogP contribution is 2.04. The van der Waals surface area contributed by atoms with Gasteiger partial charge in [-0.3, -0.25) is 4.79 Å². The standard InChI is InChI=1S/C10H19NO2/c1-9(10(11)13)7-5-3-2-4-6-8-12/h7,12H,2-6,8H2,1H3,(H2,11,13). The molecule has 0 spiro atoms. The predicted octanol–water partition coefficient (Wildman–Crippen LogP) is 1.36. The van der Waals surface area contributed by atoms with Crippen molar-refractivity contribution < 1.29 is 9.90 Å². The highest BCUT2D eigenvalue weighted by molar-refractivity contribution is 5.91. The van der Waals surface area contributed by atoms with Crippen molar-refractivity contribution in [2.75, 3.05) is 6.61 Å². The minimum atomic E-state index is -0.338. The summed E-state index contributed by atoms with van der Waals surface area (Å²) in [6.45, 7) is 2.01. The third-order valence-electron chi connectivity index (χ3n) is 1.95. The normalized spacial score (nSPS) is 11.7. The Kier molecular flexibility index (Phi) is 7.30. The summed E-state index contributed by atoms with van der Waals surface area (Å²) < 4.78 is 0. The van der Waals surface area contributed by atoms with E-state index in [-0.39, 0.29) is 12.5 Å². The Labute approximate surface area is 79.6 Å². The van der Waals surface area contributed by atoms with Gasteiger partial charge in [0.15, 0.2) is 0 Å². The molecule has 3 N–H and O–H groups in total. The number of carbonyl (C=O) groups excluding carboxylic acids is 1. The molecule has 0 radical (unpaired) electrons. The van der Waals surface area contributed by atoms with Crippen LogP contribution >= 0.6 is 0 Å². The van der Waals surface area contributed by atoms with Gasteiger partial charge in [-0.25, -0.2) is 0 Å². The molecule has 0 unspecified atom stereocenters. The summed E-state index contributed by atoms with van der Waals surface area (Å²) in [5, 5.41) is 8.51. The molecular weight excluding hydrogens is 166 g/mol. The van der Waals surface area contributed by atoms with Gasteiger partial charge in [0.1, 0.15) is 0 Å². The van der Waals surface area contributed by atoms with E-state index in [1.54, 1.807) is 6.92 Å². The fourth-order valence-corrected chi connectivity index (χ4v) is 1.03. The molecule has 0 aromatic heterocycles. The number of rotatable bonds is 7. The maximum absolute atomic E-state index is 10.6. The number of hydrogen-bond acceptors (Lipinski definition) is 2. The van der Waals surface area contributed by atoms with Crippen LogP contribution in [0.2, 0.25) is 0 Å². The average molecular weight is 185 g/mol. The zero-order chi connectivity index (χ0) is 10.1. The Morgan fingerprint density at radius 1 is 1.31 bits per heavy atom. The molecule has 0 fully saturated rings. The summed E-state index contributed by atoms with van der Waals surface area (Å²) in [5.41, 5.74) is 5.70. The highest BCUT2D eigenvalue weighted by atomic mass is 16.2. The minimum absolute atomic E-state index is 0.274. The van der Waals surface area contributed by atoms with Crippen LogP contribution in [-0.4, -0.2) is 17.6 Å². The summed E-state index contributed by atoms with van der Waals surface area (Å²) >= 11 is 0. The monoisotopic (exact) mass is 185 g/mol. The van der Waals surface area contributed by atoms with E-state index in [9.17, 15) is 4.79 Å². The zero-order valence-electron chi connectivity index (χ0n) is 8.25. The minimum Gasteiger partial charge on any atom is -0.396 e. The highest BCUT2D eigenvalue weighted by Gasteiger charge is 1.95. The summed E-state index contributed by atoms with van der Waals surface area (Å²) in [6.07, 6.45) is 6.87. The van der Waals surface area contributed by atoms with Crippen molar-refractivity contribution in [1.29, 1.82) is 0 Å². The molecule has 1 amide bonds. The van der Waals surface area contributed by atoms with Crippen LogP contribution in [0.15, 0.2) is 11.6 Å². The van der Waals surface area contributed by atoms with E-state index in [1.807, 2.05) is 6.08 Å². The predicted molar refractivity (Wildman–Crippen MR) is 53.1 cm³/mol. The Morgan fingerprint density at radius 3 is 2.46 bits per heavy atom. The number of aliphatic hydroxyl groups is 1. The number of nitrogens with two attached hydrogens (primary N) is 1. The van der Waals surface area contributed by atoms with Gasteiger partial charge in [-0.15, -0.1) is 0 Å². The third-order valence-corrected chi connectivity index (χ3v) is 1.95. The van der Waals surface area contributed by atoms with Crippen LogP contribution in [0, 0.1) is 0 Å². The van der Waals surface area contributed by atoms with Gasteiger partial charge in [0, 0.05) is 12.2 Å². The van der Waals surface area contributed by atoms with Crippen molar-refractivity contribution in [1.82, 2.24) is 0 Å². The number of primary amides is 1. The van der Waals surface area contributed by atoms with E-state index in [1.165, 1.54) is 0 Å². The Hall–Kier alpha value is -0.830. The van der Waals surface area contributed by atoms with Crippen LogP contribution in [-0.2, 0) is 4.79 Å². The van der Waals surface area contributed by atoms with Crippen molar-refractivity contribution in [3.8, 4) is 0 Å². The first-order chi connectivity index (χ1) is 6.18. The molecule has 0 saturated heterocycles. The van der Waals surface area contributed by atoms with Gasteiger partial charge in [-0.2, -0.15) is 0 Å². The maximum atomic E-state index is 10.6. The fourth-order valence-electron chi connectivity index (χ4n) is 1.03. The van der Waals surface area contributed by atoms with Crippen molar-refractivity contribution in [2.24, 2.45) is 5.73 Å². The van der Waals surface area contributed by atoms with Crippen molar-refractivity contribution in [2.45, 2.75) is 39.0 Å². The lowest BCUT2D eigenvalue weighted by atomic mass is 10.1. The first kappa shape index (κ1) is 12.2. The number of carbonyl (C=O) groups is 1. The maximum Gasteiger partial charge on any atom is 0.244 e. The Morgan fingerprint density at radius 2 is 1.92 bits per heavy atom. The third kappa shape index (κ3) is 7.53. The number of aliphatic hydroxyl groups excluding tert-OH is 1. The molecular formula is C10H19NO2. The van der Waals surface area contributed by atoms with Gasteiger partial charge in [-0.05, 0) is 26.2 Å². The van der Waals surface area contributed by atoms with Gasteiger partial charge in [-0.1, -0.05) is 18.9 Å². The van der Waals surface area contributed by atoms with Gasteiger partial charge in [0.2, 0.25) is 5.91 Å². The molecule has 3 nitrogen and oxygen atoms in total. The average Bonchev–Trinajstić information content (AvgIpc) is 2.10. The van der Waals surface area contributed by atoms with E-state index in [0.717, 1.165) is 32.1 Å². The molecule has 0 aromatic carbocycles. The molecule has 0 saturated carbocycles. The van der Waals surface area contributed by atoms with E-state index in [0.29, 0.717) is 5.57 Å². The zero-order valence-corrected chi connectivity index (χ0v) is 8.25. The summed E-state index contributed by atoms with van der Waals surface area (Å²) in [4.78, 5) is 10.6. The smallest absolute Gasteiger partial charge is 0.244 e. The molecule has 0 heterocycles. The van der Waals surface area contributed by atoms with Crippen molar-refractivity contribution in [3.63, 3.8) is 0 Å².